The first-order chi connectivity index (χ1) is 14.0. The van der Waals surface area contributed by atoms with Crippen LogP contribution in [0.3, 0.4) is 0 Å². The Bertz CT molecular complexity index is 696. The third kappa shape index (κ3) is 6.31. The van der Waals surface area contributed by atoms with Gasteiger partial charge in [-0.2, -0.15) is 0 Å². The van der Waals surface area contributed by atoms with Crippen LogP contribution in [0.1, 0.15) is 30.0 Å². The van der Waals surface area contributed by atoms with Crippen LogP contribution >= 0.6 is 24.0 Å². The molecular weight excluding hydrogens is 493 g/mol. The fraction of sp³-hybridized carbons (Fsp3) is 0.636. The lowest BCUT2D eigenvalue weighted by atomic mass is 10.0. The highest BCUT2D eigenvalue weighted by atomic mass is 127. The lowest BCUT2D eigenvalue weighted by molar-refractivity contribution is -0.142. The van der Waals surface area contributed by atoms with Crippen LogP contribution < -0.4 is 5.32 Å². The van der Waals surface area contributed by atoms with E-state index in [9.17, 15) is 4.79 Å². The number of ether oxygens (including phenoxy) is 1. The normalized spacial score (nSPS) is 20.8. The fourth-order valence-corrected chi connectivity index (χ4v) is 4.02. The van der Waals surface area contributed by atoms with Crippen LogP contribution in [0.25, 0.3) is 0 Å². The molecule has 0 saturated carbocycles. The number of nitrogens with zero attached hydrogens (tertiary/aromatic N) is 4. The molecule has 2 aliphatic heterocycles. The molecular formula is C22H36IN5O2. The Morgan fingerprint density at radius 3 is 2.37 bits per heavy atom. The number of likely N-dealkylation sites (N-methyl/N-ethyl adjacent to an activating group) is 1. The Kier molecular flexibility index (Phi) is 9.83. The predicted octanol–water partition coefficient (Wildman–Crippen LogP) is 2.11. The molecule has 2 aliphatic rings. The topological polar surface area (TPSA) is 60.4 Å². The van der Waals surface area contributed by atoms with Crippen molar-refractivity contribution < 1.29 is 9.53 Å². The zero-order valence-corrected chi connectivity index (χ0v) is 21.0. The molecule has 1 aromatic rings. The zero-order chi connectivity index (χ0) is 20.8. The van der Waals surface area contributed by atoms with Crippen molar-refractivity contribution in [1.82, 2.24) is 20.0 Å². The maximum Gasteiger partial charge on any atom is 0.251 e. The first-order valence-corrected chi connectivity index (χ1v) is 10.6. The number of piperazine rings is 1. The number of aliphatic imine (C=N–C) groups is 1. The molecule has 2 fully saturated rings. The van der Waals surface area contributed by atoms with Gasteiger partial charge in [-0.3, -0.25) is 9.79 Å². The van der Waals surface area contributed by atoms with Gasteiger partial charge in [-0.1, -0.05) is 29.8 Å². The SMILES string of the molecule is CN=C(NCC(c1ccc(C)cc1)N(C)C)N1CCN(C(=O)C2CCCO2)CC1.I. The molecule has 7 nitrogen and oxygen atoms in total. The maximum absolute atomic E-state index is 12.5. The minimum atomic E-state index is -0.227. The third-order valence-corrected chi connectivity index (χ3v) is 5.85. The number of hydrogen-bond donors (Lipinski definition) is 1. The Balaban J connectivity index is 0.00000320. The van der Waals surface area contributed by atoms with Crippen molar-refractivity contribution in [3.05, 3.63) is 35.4 Å². The van der Waals surface area contributed by atoms with Crippen LogP contribution in [-0.2, 0) is 9.53 Å². The second-order valence-corrected chi connectivity index (χ2v) is 8.13. The number of hydrogen-bond acceptors (Lipinski definition) is 4. The van der Waals surface area contributed by atoms with Crippen molar-refractivity contribution in [2.45, 2.75) is 31.9 Å². The zero-order valence-electron chi connectivity index (χ0n) is 18.6. The summed E-state index contributed by atoms with van der Waals surface area (Å²) in [5, 5.41) is 3.54. The van der Waals surface area contributed by atoms with E-state index in [0.29, 0.717) is 19.7 Å². The van der Waals surface area contributed by atoms with Gasteiger partial charge in [-0.25, -0.2) is 0 Å². The number of halogens is 1. The number of guanidine groups is 1. The van der Waals surface area contributed by atoms with E-state index in [-0.39, 0.29) is 42.0 Å². The first kappa shape index (κ1) is 24.9. The lowest BCUT2D eigenvalue weighted by Gasteiger charge is -2.38. The molecule has 168 valence electrons. The van der Waals surface area contributed by atoms with Gasteiger partial charge in [0.1, 0.15) is 6.10 Å². The standard InChI is InChI=1S/C22H35N5O2.HI/c1-17-7-9-18(10-8-17)19(25(3)4)16-24-22(23-2)27-13-11-26(12-14-27)21(28)20-6-5-15-29-20;/h7-10,19-20H,5-6,11-16H2,1-4H3,(H,23,24);1H. The average molecular weight is 529 g/mol. The van der Waals surface area contributed by atoms with Gasteiger partial charge < -0.3 is 24.8 Å². The summed E-state index contributed by atoms with van der Waals surface area (Å²) in [6.45, 7) is 6.60. The summed E-state index contributed by atoms with van der Waals surface area (Å²) < 4.78 is 5.55. The summed E-state index contributed by atoms with van der Waals surface area (Å²) in [5.41, 5.74) is 2.56. The summed E-state index contributed by atoms with van der Waals surface area (Å²) in [7, 11) is 6.03. The molecule has 2 unspecified atom stereocenters. The molecule has 0 aliphatic carbocycles. The van der Waals surface area contributed by atoms with Gasteiger partial charge in [0, 0.05) is 46.4 Å². The van der Waals surface area contributed by atoms with E-state index in [4.69, 9.17) is 4.74 Å². The molecule has 1 amide bonds. The Morgan fingerprint density at radius 2 is 1.83 bits per heavy atom. The second kappa shape index (κ2) is 11.9. The largest absolute Gasteiger partial charge is 0.368 e. The van der Waals surface area contributed by atoms with E-state index in [0.717, 1.165) is 38.4 Å². The molecule has 0 spiro atoms. The number of nitrogens with one attached hydrogen (secondary N) is 1. The van der Waals surface area contributed by atoms with Crippen molar-refractivity contribution in [1.29, 1.82) is 0 Å². The number of amides is 1. The molecule has 8 heteroatoms. The number of carbonyl (C=O) groups is 1. The summed E-state index contributed by atoms with van der Waals surface area (Å²) in [5.74, 6) is 1.05. The van der Waals surface area contributed by atoms with Gasteiger partial charge in [0.25, 0.3) is 5.91 Å². The number of aryl methyl sites for hydroxylation is 1. The summed E-state index contributed by atoms with van der Waals surface area (Å²) >= 11 is 0. The fourth-order valence-electron chi connectivity index (χ4n) is 4.02. The maximum atomic E-state index is 12.5. The van der Waals surface area contributed by atoms with Crippen LogP contribution in [0.4, 0.5) is 0 Å². The number of benzene rings is 1. The molecule has 2 heterocycles. The Labute approximate surface area is 197 Å². The molecule has 1 aromatic carbocycles. The van der Waals surface area contributed by atoms with E-state index in [2.05, 4.69) is 65.4 Å². The Hall–Kier alpha value is -1.39. The van der Waals surface area contributed by atoms with E-state index < -0.39 is 0 Å². The first-order valence-electron chi connectivity index (χ1n) is 10.6. The highest BCUT2D eigenvalue weighted by Crippen LogP contribution is 2.19. The van der Waals surface area contributed by atoms with Crippen LogP contribution in [0, 0.1) is 6.92 Å². The smallest absolute Gasteiger partial charge is 0.251 e. The summed E-state index contributed by atoms with van der Waals surface area (Å²) in [4.78, 5) is 23.4. The van der Waals surface area contributed by atoms with Crippen molar-refractivity contribution in [3.63, 3.8) is 0 Å². The molecule has 0 radical (unpaired) electrons. The van der Waals surface area contributed by atoms with Crippen molar-refractivity contribution in [3.8, 4) is 0 Å². The monoisotopic (exact) mass is 529 g/mol. The number of carbonyl (C=O) groups excluding carboxylic acids is 1. The second-order valence-electron chi connectivity index (χ2n) is 8.13. The molecule has 2 saturated heterocycles. The average Bonchev–Trinajstić information content (AvgIpc) is 3.27. The van der Waals surface area contributed by atoms with Gasteiger partial charge in [-0.05, 0) is 39.4 Å². The van der Waals surface area contributed by atoms with Gasteiger partial charge in [0.2, 0.25) is 0 Å². The van der Waals surface area contributed by atoms with E-state index in [1.165, 1.54) is 11.1 Å². The molecule has 0 bridgehead atoms. The van der Waals surface area contributed by atoms with Crippen molar-refractivity contribution in [2.24, 2.45) is 4.99 Å². The molecule has 2 atom stereocenters. The summed E-state index contributed by atoms with van der Waals surface area (Å²) in [6.07, 6.45) is 1.61. The lowest BCUT2D eigenvalue weighted by Crippen LogP contribution is -2.55. The molecule has 3 rings (SSSR count). The van der Waals surface area contributed by atoms with E-state index in [1.807, 2.05) is 11.9 Å². The van der Waals surface area contributed by atoms with Gasteiger partial charge in [0.15, 0.2) is 5.96 Å². The quantitative estimate of drug-likeness (QED) is 0.360. The van der Waals surface area contributed by atoms with E-state index >= 15 is 0 Å². The third-order valence-electron chi connectivity index (χ3n) is 5.85. The van der Waals surface area contributed by atoms with Crippen LogP contribution in [0.2, 0.25) is 0 Å². The van der Waals surface area contributed by atoms with Crippen LogP contribution in [-0.4, -0.2) is 93.1 Å². The minimum Gasteiger partial charge on any atom is -0.368 e. The van der Waals surface area contributed by atoms with E-state index in [1.54, 1.807) is 0 Å². The number of rotatable bonds is 5. The molecule has 30 heavy (non-hydrogen) atoms. The van der Waals surface area contributed by atoms with Gasteiger partial charge >= 0.3 is 0 Å². The Morgan fingerprint density at radius 1 is 1.20 bits per heavy atom. The van der Waals surface area contributed by atoms with Gasteiger partial charge in [-0.15, -0.1) is 24.0 Å². The van der Waals surface area contributed by atoms with Crippen molar-refractivity contribution in [2.75, 3.05) is 60.5 Å². The highest BCUT2D eigenvalue weighted by Gasteiger charge is 2.31. The minimum absolute atomic E-state index is 0. The summed E-state index contributed by atoms with van der Waals surface area (Å²) in [6, 6.07) is 8.96. The predicted molar refractivity (Wildman–Crippen MR) is 132 cm³/mol. The van der Waals surface area contributed by atoms with Crippen LogP contribution in [0.5, 0.6) is 0 Å². The van der Waals surface area contributed by atoms with Crippen LogP contribution in [0.15, 0.2) is 29.3 Å². The molecule has 1 N–H and O–H groups in total. The molecule has 0 aromatic heterocycles. The van der Waals surface area contributed by atoms with Gasteiger partial charge in [0.05, 0.1) is 6.04 Å². The highest BCUT2D eigenvalue weighted by molar-refractivity contribution is 14.0. The van der Waals surface area contributed by atoms with Crippen molar-refractivity contribution >= 4 is 35.8 Å².